The molecular formula is C11H20O2. The molecule has 0 saturated heterocycles. The van der Waals surface area contributed by atoms with Crippen molar-refractivity contribution in [3.05, 3.63) is 12.2 Å². The van der Waals surface area contributed by atoms with Crippen LogP contribution in [0.2, 0.25) is 0 Å². The van der Waals surface area contributed by atoms with Crippen LogP contribution in [0.3, 0.4) is 0 Å². The first-order chi connectivity index (χ1) is 6.16. The molecule has 13 heavy (non-hydrogen) atoms. The number of rotatable bonds is 6. The lowest BCUT2D eigenvalue weighted by Crippen LogP contribution is -2.08. The Bertz CT molecular complexity index is 159. The van der Waals surface area contributed by atoms with Gasteiger partial charge in [0, 0.05) is 6.08 Å². The van der Waals surface area contributed by atoms with Crippen molar-refractivity contribution in [2.24, 2.45) is 0 Å². The molecule has 0 spiro atoms. The van der Waals surface area contributed by atoms with Crippen LogP contribution in [-0.4, -0.2) is 12.1 Å². The summed E-state index contributed by atoms with van der Waals surface area (Å²) in [6, 6.07) is 0. The Morgan fingerprint density at radius 2 is 2.08 bits per heavy atom. The molecule has 0 aromatic carbocycles. The van der Waals surface area contributed by atoms with E-state index in [2.05, 4.69) is 6.92 Å². The van der Waals surface area contributed by atoms with Gasteiger partial charge >= 0.3 is 5.97 Å². The predicted octanol–water partition coefficient (Wildman–Crippen LogP) is 3.07. The van der Waals surface area contributed by atoms with E-state index in [1.165, 1.54) is 18.9 Å². The summed E-state index contributed by atoms with van der Waals surface area (Å²) in [6.07, 6.45) is 7.96. The first kappa shape index (κ1) is 12.2. The zero-order valence-electron chi connectivity index (χ0n) is 8.88. The molecule has 0 rings (SSSR count). The topological polar surface area (TPSA) is 26.3 Å². The molecule has 0 unspecified atom stereocenters. The Morgan fingerprint density at radius 1 is 1.38 bits per heavy atom. The highest BCUT2D eigenvalue weighted by atomic mass is 16.5. The number of allylic oxidation sites excluding steroid dienone is 1. The quantitative estimate of drug-likeness (QED) is 0.360. The van der Waals surface area contributed by atoms with Crippen LogP contribution in [-0.2, 0) is 9.53 Å². The normalized spacial score (nSPS) is 11.1. The largest absolute Gasteiger partial charge is 0.460 e. The lowest BCUT2D eigenvalue weighted by molar-refractivity contribution is -0.141. The molecule has 0 atom stereocenters. The van der Waals surface area contributed by atoms with Gasteiger partial charge in [-0.05, 0) is 26.7 Å². The zero-order chi connectivity index (χ0) is 10.1. The Morgan fingerprint density at radius 3 is 2.62 bits per heavy atom. The summed E-state index contributed by atoms with van der Waals surface area (Å²) in [4.78, 5) is 11.0. The molecule has 0 aromatic heterocycles. The molecule has 0 radical (unpaired) electrons. The standard InChI is InChI=1S/C11H20O2/c1-4-5-6-7-8-9-11(12)13-10(2)3/h8-10H,4-7H2,1-3H3. The van der Waals surface area contributed by atoms with Gasteiger partial charge in [0.05, 0.1) is 6.10 Å². The molecule has 2 heteroatoms. The minimum Gasteiger partial charge on any atom is -0.460 e. The van der Waals surface area contributed by atoms with E-state index >= 15 is 0 Å². The molecule has 0 aliphatic carbocycles. The van der Waals surface area contributed by atoms with Gasteiger partial charge in [0.2, 0.25) is 0 Å². The fourth-order valence-corrected chi connectivity index (χ4v) is 0.963. The zero-order valence-corrected chi connectivity index (χ0v) is 8.88. The van der Waals surface area contributed by atoms with E-state index in [9.17, 15) is 4.79 Å². The monoisotopic (exact) mass is 184 g/mol. The van der Waals surface area contributed by atoms with E-state index in [1.54, 1.807) is 0 Å². The second-order valence-electron chi connectivity index (χ2n) is 3.38. The molecule has 76 valence electrons. The molecule has 0 bridgehead atoms. The highest BCUT2D eigenvalue weighted by molar-refractivity contribution is 5.81. The Hall–Kier alpha value is -0.790. The molecule has 0 saturated carbocycles. The van der Waals surface area contributed by atoms with Crippen LogP contribution in [0.15, 0.2) is 12.2 Å². The van der Waals surface area contributed by atoms with Crippen LogP contribution in [0, 0.1) is 0 Å². The fraction of sp³-hybridized carbons (Fsp3) is 0.727. The number of carbonyl (C=O) groups excluding carboxylic acids is 1. The Kier molecular flexibility index (Phi) is 7.36. The molecule has 0 heterocycles. The number of hydrogen-bond acceptors (Lipinski definition) is 2. The van der Waals surface area contributed by atoms with Crippen molar-refractivity contribution in [3.8, 4) is 0 Å². The van der Waals surface area contributed by atoms with Gasteiger partial charge in [-0.25, -0.2) is 4.79 Å². The van der Waals surface area contributed by atoms with Crippen LogP contribution in [0.25, 0.3) is 0 Å². The van der Waals surface area contributed by atoms with Gasteiger partial charge in [-0.2, -0.15) is 0 Å². The molecule has 0 amide bonds. The first-order valence-corrected chi connectivity index (χ1v) is 5.04. The second-order valence-corrected chi connectivity index (χ2v) is 3.38. The summed E-state index contributed by atoms with van der Waals surface area (Å²) in [5, 5.41) is 0. The van der Waals surface area contributed by atoms with Crippen molar-refractivity contribution in [3.63, 3.8) is 0 Å². The summed E-state index contributed by atoms with van der Waals surface area (Å²) in [6.45, 7) is 5.86. The lowest BCUT2D eigenvalue weighted by Gasteiger charge is -2.03. The minimum atomic E-state index is -0.230. The second kappa shape index (κ2) is 7.84. The molecule has 0 fully saturated rings. The van der Waals surface area contributed by atoms with Gasteiger partial charge in [0.25, 0.3) is 0 Å². The fourth-order valence-electron chi connectivity index (χ4n) is 0.963. The summed E-state index contributed by atoms with van der Waals surface area (Å²) in [5.74, 6) is -0.230. The van der Waals surface area contributed by atoms with Gasteiger partial charge in [-0.1, -0.05) is 25.8 Å². The summed E-state index contributed by atoms with van der Waals surface area (Å²) < 4.78 is 4.93. The third kappa shape index (κ3) is 9.12. The first-order valence-electron chi connectivity index (χ1n) is 5.04. The number of esters is 1. The maximum absolute atomic E-state index is 11.0. The van der Waals surface area contributed by atoms with Crippen molar-refractivity contribution in [2.45, 2.75) is 52.6 Å². The Labute approximate surface area is 81.0 Å². The number of hydrogen-bond donors (Lipinski definition) is 0. The molecular weight excluding hydrogens is 164 g/mol. The van der Waals surface area contributed by atoms with Crippen molar-refractivity contribution in [1.82, 2.24) is 0 Å². The molecule has 0 aliphatic heterocycles. The molecule has 2 nitrogen and oxygen atoms in total. The van der Waals surface area contributed by atoms with E-state index in [1.807, 2.05) is 19.9 Å². The third-order valence-corrected chi connectivity index (χ3v) is 1.58. The van der Waals surface area contributed by atoms with Crippen molar-refractivity contribution in [2.75, 3.05) is 0 Å². The predicted molar refractivity (Wildman–Crippen MR) is 54.5 cm³/mol. The highest BCUT2D eigenvalue weighted by Crippen LogP contribution is 2.00. The van der Waals surface area contributed by atoms with E-state index in [0.29, 0.717) is 0 Å². The average molecular weight is 184 g/mol. The van der Waals surface area contributed by atoms with Crippen LogP contribution in [0.1, 0.15) is 46.5 Å². The SMILES string of the molecule is CCCCCC=CC(=O)OC(C)C. The molecule has 0 N–H and O–H groups in total. The van der Waals surface area contributed by atoms with Crippen molar-refractivity contribution < 1.29 is 9.53 Å². The summed E-state index contributed by atoms with van der Waals surface area (Å²) in [5.41, 5.74) is 0. The smallest absolute Gasteiger partial charge is 0.330 e. The minimum absolute atomic E-state index is 0.0206. The van der Waals surface area contributed by atoms with Crippen LogP contribution < -0.4 is 0 Å². The maximum atomic E-state index is 11.0. The van der Waals surface area contributed by atoms with E-state index < -0.39 is 0 Å². The van der Waals surface area contributed by atoms with Crippen LogP contribution in [0.4, 0.5) is 0 Å². The number of ether oxygens (including phenoxy) is 1. The Balaban J connectivity index is 3.42. The van der Waals surface area contributed by atoms with E-state index in [-0.39, 0.29) is 12.1 Å². The number of unbranched alkanes of at least 4 members (excludes halogenated alkanes) is 3. The van der Waals surface area contributed by atoms with Gasteiger partial charge < -0.3 is 4.74 Å². The third-order valence-electron chi connectivity index (χ3n) is 1.58. The van der Waals surface area contributed by atoms with Crippen LogP contribution in [0.5, 0.6) is 0 Å². The summed E-state index contributed by atoms with van der Waals surface area (Å²) in [7, 11) is 0. The molecule has 0 aliphatic rings. The van der Waals surface area contributed by atoms with Gasteiger partial charge in [0.15, 0.2) is 0 Å². The molecule has 0 aromatic rings. The highest BCUT2D eigenvalue weighted by Gasteiger charge is 1.98. The van der Waals surface area contributed by atoms with Gasteiger partial charge in [-0.15, -0.1) is 0 Å². The van der Waals surface area contributed by atoms with Crippen LogP contribution >= 0.6 is 0 Å². The van der Waals surface area contributed by atoms with Gasteiger partial charge in [0.1, 0.15) is 0 Å². The maximum Gasteiger partial charge on any atom is 0.330 e. The van der Waals surface area contributed by atoms with Crippen molar-refractivity contribution >= 4 is 5.97 Å². The summed E-state index contributed by atoms with van der Waals surface area (Å²) >= 11 is 0. The van der Waals surface area contributed by atoms with Gasteiger partial charge in [-0.3, -0.25) is 0 Å². The lowest BCUT2D eigenvalue weighted by atomic mass is 10.2. The van der Waals surface area contributed by atoms with E-state index in [4.69, 9.17) is 4.74 Å². The average Bonchev–Trinajstić information content (AvgIpc) is 2.02. The number of carbonyl (C=O) groups is 1. The van der Waals surface area contributed by atoms with E-state index in [0.717, 1.165) is 12.8 Å². The van der Waals surface area contributed by atoms with Crippen molar-refractivity contribution in [1.29, 1.82) is 0 Å².